The summed E-state index contributed by atoms with van der Waals surface area (Å²) in [5, 5.41) is 0. The Morgan fingerprint density at radius 2 is 0.422 bits per heavy atom. The number of nitrogens with zero attached hydrogens (tertiary/aromatic N) is 2. The molecule has 0 fully saturated rings. The maximum atomic E-state index is 2.69. The third-order valence-corrected chi connectivity index (χ3v) is 22.6. The van der Waals surface area contributed by atoms with Crippen molar-refractivity contribution < 1.29 is 0 Å². The molecule has 0 N–H and O–H groups in total. The molecule has 2 nitrogen and oxygen atoms in total. The first kappa shape index (κ1) is 70.0. The van der Waals surface area contributed by atoms with Crippen molar-refractivity contribution in [1.82, 2.24) is 0 Å². The summed E-state index contributed by atoms with van der Waals surface area (Å²) in [6.45, 7) is 28.0. The van der Waals surface area contributed by atoms with Gasteiger partial charge in [-0.1, -0.05) is 380 Å². The van der Waals surface area contributed by atoms with Gasteiger partial charge < -0.3 is 9.80 Å². The monoisotopic (exact) mass is 1400 g/mol. The van der Waals surface area contributed by atoms with Gasteiger partial charge in [0.2, 0.25) is 0 Å². The number of benzene rings is 15. The van der Waals surface area contributed by atoms with Crippen LogP contribution in [-0.4, -0.2) is 6.71 Å². The molecule has 2 heterocycles. The lowest BCUT2D eigenvalue weighted by molar-refractivity contribution is 0.568. The lowest BCUT2D eigenvalue weighted by Crippen LogP contribution is -2.61. The Bertz CT molecular complexity index is 5330. The van der Waals surface area contributed by atoms with Gasteiger partial charge in [0.25, 0.3) is 6.71 Å². The standard InChI is InChI=1S/C106H93BN2/c1-103(2,3)86-62-84(63-87(68-86)104(4,5)6)78-54-56-96-94(66-78)107-95-67-79(85-64-88(105(7,8)9)69-89(65-85)106(10,11)12)55-57-97(95)109(102-92(82-46-27-42-76(60-82)72-36-21-15-22-37-72)50-30-51-93(102)83-47-28-43-77(61-83)73-38-23-16-24-39-73)99-53-31-52-98(100(99)107)108(96)101-90(80-44-25-40-74(58-80)70-32-17-13-18-33-70)48-29-49-91(101)81-45-26-41-75(59-81)71-34-19-14-20-35-71/h13-69H,1-12H3. The van der Waals surface area contributed by atoms with Crippen LogP contribution in [0.3, 0.4) is 0 Å². The third-order valence-electron chi connectivity index (χ3n) is 22.6. The van der Waals surface area contributed by atoms with Gasteiger partial charge in [-0.25, -0.2) is 0 Å². The molecule has 15 aromatic carbocycles. The lowest BCUT2D eigenvalue weighted by atomic mass is 9.33. The van der Waals surface area contributed by atoms with Gasteiger partial charge in [-0.05, 0) is 198 Å². The molecule has 3 heteroatoms. The molecule has 0 amide bonds. The minimum absolute atomic E-state index is 0.106. The van der Waals surface area contributed by atoms with Gasteiger partial charge >= 0.3 is 0 Å². The van der Waals surface area contributed by atoms with Gasteiger partial charge in [0.1, 0.15) is 0 Å². The zero-order valence-corrected chi connectivity index (χ0v) is 64.9. The van der Waals surface area contributed by atoms with E-state index in [9.17, 15) is 0 Å². The van der Waals surface area contributed by atoms with Crippen molar-refractivity contribution in [3.8, 4) is 111 Å². The maximum Gasteiger partial charge on any atom is 0.252 e. The van der Waals surface area contributed by atoms with Crippen LogP contribution in [0.15, 0.2) is 346 Å². The maximum absolute atomic E-state index is 2.69. The van der Waals surface area contributed by atoms with Crippen molar-refractivity contribution >= 4 is 57.2 Å². The smallest absolute Gasteiger partial charge is 0.252 e. The fourth-order valence-corrected chi connectivity index (χ4v) is 16.6. The highest BCUT2D eigenvalue weighted by atomic mass is 15.2. The molecule has 0 saturated heterocycles. The third kappa shape index (κ3) is 13.3. The van der Waals surface area contributed by atoms with Crippen molar-refractivity contribution in [2.24, 2.45) is 0 Å². The average molecular weight is 1410 g/mol. The van der Waals surface area contributed by atoms with Crippen LogP contribution in [0.5, 0.6) is 0 Å². The summed E-state index contributed by atoms with van der Waals surface area (Å²) in [6.07, 6.45) is 0. The second-order valence-electron chi connectivity index (χ2n) is 34.1. The van der Waals surface area contributed by atoms with Gasteiger partial charge in [0.05, 0.1) is 11.4 Å². The summed E-state index contributed by atoms with van der Waals surface area (Å²) in [5.74, 6) is 0. The summed E-state index contributed by atoms with van der Waals surface area (Å²) >= 11 is 0. The second kappa shape index (κ2) is 27.6. The summed E-state index contributed by atoms with van der Waals surface area (Å²) in [6, 6.07) is 131. The van der Waals surface area contributed by atoms with Crippen LogP contribution in [0.2, 0.25) is 0 Å². The van der Waals surface area contributed by atoms with Crippen LogP contribution in [0, 0.1) is 0 Å². The fraction of sp³-hybridized carbons (Fsp3) is 0.151. The lowest BCUT2D eigenvalue weighted by Gasteiger charge is -2.45. The van der Waals surface area contributed by atoms with Crippen molar-refractivity contribution in [2.75, 3.05) is 9.80 Å². The first-order valence-electron chi connectivity index (χ1n) is 38.8. The van der Waals surface area contributed by atoms with E-state index in [0.29, 0.717) is 0 Å². The number of para-hydroxylation sites is 2. The Morgan fingerprint density at radius 1 is 0.183 bits per heavy atom. The first-order chi connectivity index (χ1) is 52.6. The van der Waals surface area contributed by atoms with E-state index in [4.69, 9.17) is 0 Å². The van der Waals surface area contributed by atoms with Gasteiger partial charge in [-0.2, -0.15) is 0 Å². The predicted molar refractivity (Wildman–Crippen MR) is 470 cm³/mol. The largest absolute Gasteiger partial charge is 0.310 e. The molecule has 0 aromatic heterocycles. The van der Waals surface area contributed by atoms with Crippen molar-refractivity contribution in [3.05, 3.63) is 368 Å². The summed E-state index contributed by atoms with van der Waals surface area (Å²) in [5.41, 5.74) is 38.6. The Hall–Kier alpha value is -12.0. The molecule has 17 rings (SSSR count). The minimum atomic E-state index is -0.263. The molecule has 2 aliphatic heterocycles. The molecule has 0 spiro atoms. The molecule has 15 aromatic rings. The molecule has 0 saturated carbocycles. The van der Waals surface area contributed by atoms with E-state index in [1.807, 2.05) is 0 Å². The Balaban J connectivity index is 1.02. The van der Waals surface area contributed by atoms with E-state index in [0.717, 1.165) is 101 Å². The van der Waals surface area contributed by atoms with E-state index in [2.05, 4.69) is 439 Å². The van der Waals surface area contributed by atoms with Gasteiger partial charge in [-0.15, -0.1) is 0 Å². The summed E-state index contributed by atoms with van der Waals surface area (Å²) < 4.78 is 0. The molecule has 0 aliphatic carbocycles. The fourth-order valence-electron chi connectivity index (χ4n) is 16.6. The van der Waals surface area contributed by atoms with E-state index in [-0.39, 0.29) is 28.4 Å². The Kier molecular flexibility index (Phi) is 17.7. The Labute approximate surface area is 646 Å². The molecular weight excluding hydrogens is 1310 g/mol. The van der Waals surface area contributed by atoms with Crippen molar-refractivity contribution in [2.45, 2.75) is 105 Å². The highest BCUT2D eigenvalue weighted by Gasteiger charge is 2.45. The van der Waals surface area contributed by atoms with Crippen molar-refractivity contribution in [1.29, 1.82) is 0 Å². The molecule has 0 atom stereocenters. The van der Waals surface area contributed by atoms with Crippen LogP contribution in [0.1, 0.15) is 105 Å². The van der Waals surface area contributed by atoms with E-state index < -0.39 is 0 Å². The SMILES string of the molecule is CC(C)(C)c1cc(-c2ccc3c(c2)B2c4cc(-c5cc(C(C)(C)C)cc(C(C)(C)C)c5)ccc4N(c4c(-c5cccc(-c6ccccc6)c5)cccc4-c4cccc(-c5ccccc5)c4)c4cccc(c42)N3c2c(-c3cccc(-c4ccccc4)c3)cccc2-c2cccc(-c3ccccc3)c2)cc(C(C)(C)C)c1. The van der Waals surface area contributed by atoms with Crippen LogP contribution in [-0.2, 0) is 21.7 Å². The van der Waals surface area contributed by atoms with Gasteiger partial charge in [0, 0.05) is 45.0 Å². The predicted octanol–water partition coefficient (Wildman–Crippen LogP) is 27.6. The molecular formula is C106H93BN2. The zero-order valence-electron chi connectivity index (χ0n) is 64.9. The van der Waals surface area contributed by atoms with Crippen LogP contribution >= 0.6 is 0 Å². The molecule has 0 bridgehead atoms. The average Bonchev–Trinajstić information content (AvgIpc) is 0.690. The second-order valence-corrected chi connectivity index (χ2v) is 34.1. The zero-order chi connectivity index (χ0) is 75.1. The number of hydrogen-bond acceptors (Lipinski definition) is 2. The van der Waals surface area contributed by atoms with Crippen LogP contribution in [0.4, 0.5) is 34.1 Å². The van der Waals surface area contributed by atoms with E-state index in [1.54, 1.807) is 0 Å². The van der Waals surface area contributed by atoms with Gasteiger partial charge in [-0.3, -0.25) is 0 Å². The topological polar surface area (TPSA) is 6.48 Å². The highest BCUT2D eigenvalue weighted by Crippen LogP contribution is 2.54. The number of fused-ring (bicyclic) bond motifs is 4. The van der Waals surface area contributed by atoms with Gasteiger partial charge in [0.15, 0.2) is 0 Å². The van der Waals surface area contributed by atoms with E-state index >= 15 is 0 Å². The first-order valence-corrected chi connectivity index (χ1v) is 38.8. The minimum Gasteiger partial charge on any atom is -0.310 e. The number of hydrogen-bond donors (Lipinski definition) is 0. The molecule has 0 unspecified atom stereocenters. The van der Waals surface area contributed by atoms with E-state index in [1.165, 1.54) is 83.1 Å². The van der Waals surface area contributed by atoms with Crippen molar-refractivity contribution in [3.63, 3.8) is 0 Å². The number of anilines is 6. The number of rotatable bonds is 12. The van der Waals surface area contributed by atoms with Crippen LogP contribution in [0.25, 0.3) is 111 Å². The summed E-state index contributed by atoms with van der Waals surface area (Å²) in [7, 11) is 0. The summed E-state index contributed by atoms with van der Waals surface area (Å²) in [4.78, 5) is 5.37. The van der Waals surface area contributed by atoms with Crippen LogP contribution < -0.4 is 26.2 Å². The molecule has 530 valence electrons. The molecule has 2 aliphatic rings. The molecule has 109 heavy (non-hydrogen) atoms. The normalized spacial score (nSPS) is 12.7. The molecule has 0 radical (unpaired) electrons. The highest BCUT2D eigenvalue weighted by molar-refractivity contribution is 7.00. The Morgan fingerprint density at radius 3 is 0.697 bits per heavy atom. The quantitative estimate of drug-likeness (QED) is 0.113.